The second-order valence-electron chi connectivity index (χ2n) is 5.73. The Labute approximate surface area is 168 Å². The Bertz CT molecular complexity index is 897. The Kier molecular flexibility index (Phi) is 7.40. The molecule has 0 unspecified atom stereocenters. The third-order valence-electron chi connectivity index (χ3n) is 3.82. The molecule has 1 heterocycles. The van der Waals surface area contributed by atoms with Crippen molar-refractivity contribution in [1.82, 2.24) is 4.98 Å². The molecule has 3 aromatic rings. The van der Waals surface area contributed by atoms with E-state index >= 15 is 0 Å². The normalized spacial score (nSPS) is 10.9. The van der Waals surface area contributed by atoms with E-state index in [1.54, 1.807) is 13.3 Å². The van der Waals surface area contributed by atoms with Gasteiger partial charge in [-0.25, -0.2) is 4.98 Å². The van der Waals surface area contributed by atoms with E-state index in [2.05, 4.69) is 15.5 Å². The van der Waals surface area contributed by atoms with Crippen LogP contribution in [0.25, 0.3) is 11.3 Å². The van der Waals surface area contributed by atoms with Crippen molar-refractivity contribution in [2.45, 2.75) is 6.92 Å². The minimum Gasteiger partial charge on any atom is -0.493 e. The van der Waals surface area contributed by atoms with Crippen molar-refractivity contribution in [3.05, 3.63) is 59.5 Å². The van der Waals surface area contributed by atoms with Gasteiger partial charge in [-0.15, -0.1) is 11.3 Å². The van der Waals surface area contributed by atoms with Crippen LogP contribution in [0.2, 0.25) is 0 Å². The molecule has 0 bridgehead atoms. The van der Waals surface area contributed by atoms with Crippen molar-refractivity contribution in [3.8, 4) is 22.8 Å². The zero-order chi connectivity index (χ0) is 19.6. The highest BCUT2D eigenvalue weighted by molar-refractivity contribution is 7.14. The summed E-state index contributed by atoms with van der Waals surface area (Å²) < 4.78 is 16.4. The van der Waals surface area contributed by atoms with Crippen molar-refractivity contribution in [2.75, 3.05) is 32.4 Å². The molecule has 2 aromatic carbocycles. The first-order valence-electron chi connectivity index (χ1n) is 8.98. The predicted octanol–water partition coefficient (Wildman–Crippen LogP) is 4.68. The van der Waals surface area contributed by atoms with Crippen LogP contribution >= 0.6 is 11.3 Å². The Morgan fingerprint density at radius 2 is 1.96 bits per heavy atom. The third kappa shape index (κ3) is 5.55. The SMILES string of the molecule is CCOCCOc1cc(C=NNc2nc(-c3ccccc3)cs2)ccc1OC. The highest BCUT2D eigenvalue weighted by atomic mass is 32.1. The summed E-state index contributed by atoms with van der Waals surface area (Å²) in [5, 5.41) is 7.02. The summed E-state index contributed by atoms with van der Waals surface area (Å²) in [6.07, 6.45) is 1.72. The van der Waals surface area contributed by atoms with Crippen molar-refractivity contribution in [3.63, 3.8) is 0 Å². The summed E-state index contributed by atoms with van der Waals surface area (Å²) in [4.78, 5) is 4.55. The molecule has 1 aromatic heterocycles. The first-order valence-corrected chi connectivity index (χ1v) is 9.86. The zero-order valence-electron chi connectivity index (χ0n) is 15.9. The van der Waals surface area contributed by atoms with Crippen LogP contribution in [0.1, 0.15) is 12.5 Å². The Morgan fingerprint density at radius 3 is 2.75 bits per heavy atom. The molecule has 0 aliphatic heterocycles. The van der Waals surface area contributed by atoms with Crippen LogP contribution in [0.3, 0.4) is 0 Å². The van der Waals surface area contributed by atoms with E-state index in [1.807, 2.05) is 60.8 Å². The second-order valence-corrected chi connectivity index (χ2v) is 6.59. The van der Waals surface area contributed by atoms with Gasteiger partial charge in [0.2, 0.25) is 5.13 Å². The lowest BCUT2D eigenvalue weighted by Crippen LogP contribution is -2.07. The van der Waals surface area contributed by atoms with Gasteiger partial charge in [-0.05, 0) is 30.7 Å². The van der Waals surface area contributed by atoms with Gasteiger partial charge in [-0.3, -0.25) is 5.43 Å². The number of nitrogens with zero attached hydrogens (tertiary/aromatic N) is 2. The van der Waals surface area contributed by atoms with Gasteiger partial charge in [-0.1, -0.05) is 30.3 Å². The van der Waals surface area contributed by atoms with Crippen molar-refractivity contribution in [2.24, 2.45) is 5.10 Å². The Balaban J connectivity index is 1.61. The summed E-state index contributed by atoms with van der Waals surface area (Å²) >= 11 is 1.51. The predicted molar refractivity (Wildman–Crippen MR) is 114 cm³/mol. The molecule has 0 fully saturated rings. The first kappa shape index (κ1) is 19.9. The van der Waals surface area contributed by atoms with E-state index in [-0.39, 0.29) is 0 Å². The highest BCUT2D eigenvalue weighted by Crippen LogP contribution is 2.28. The van der Waals surface area contributed by atoms with Crippen molar-refractivity contribution in [1.29, 1.82) is 0 Å². The fourth-order valence-corrected chi connectivity index (χ4v) is 3.14. The lowest BCUT2D eigenvalue weighted by atomic mass is 10.2. The number of methoxy groups -OCH3 is 1. The number of benzene rings is 2. The topological polar surface area (TPSA) is 65.0 Å². The minimum atomic E-state index is 0.463. The molecule has 0 spiro atoms. The average Bonchev–Trinajstić information content (AvgIpc) is 3.21. The van der Waals surface area contributed by atoms with Gasteiger partial charge in [0.25, 0.3) is 0 Å². The van der Waals surface area contributed by atoms with E-state index in [0.717, 1.165) is 22.0 Å². The molecule has 146 valence electrons. The van der Waals surface area contributed by atoms with Gasteiger partial charge in [-0.2, -0.15) is 5.10 Å². The molecule has 0 aliphatic carbocycles. The molecule has 0 radical (unpaired) electrons. The van der Waals surface area contributed by atoms with E-state index in [4.69, 9.17) is 14.2 Å². The zero-order valence-corrected chi connectivity index (χ0v) is 16.7. The minimum absolute atomic E-state index is 0.463. The quantitative estimate of drug-likeness (QED) is 0.306. The molecule has 0 aliphatic rings. The number of nitrogens with one attached hydrogen (secondary N) is 1. The second kappa shape index (κ2) is 10.4. The number of hydrogen-bond acceptors (Lipinski definition) is 7. The molecule has 0 saturated carbocycles. The highest BCUT2D eigenvalue weighted by Gasteiger charge is 2.06. The Morgan fingerprint density at radius 1 is 1.11 bits per heavy atom. The molecule has 0 amide bonds. The van der Waals surface area contributed by atoms with Crippen LogP contribution in [0, 0.1) is 0 Å². The summed E-state index contributed by atoms with van der Waals surface area (Å²) in [7, 11) is 1.62. The van der Waals surface area contributed by atoms with Crippen molar-refractivity contribution < 1.29 is 14.2 Å². The van der Waals surface area contributed by atoms with E-state index in [9.17, 15) is 0 Å². The standard InChI is InChI=1S/C21H23N3O3S/c1-3-26-11-12-27-20-13-16(9-10-19(20)25-2)14-22-24-21-23-18(15-28-21)17-7-5-4-6-8-17/h4-10,13-15H,3,11-12H2,1-2H3,(H,23,24). The van der Waals surface area contributed by atoms with Crippen LogP contribution in [0.15, 0.2) is 59.0 Å². The number of ether oxygens (including phenoxy) is 3. The number of aromatic nitrogens is 1. The molecule has 6 nitrogen and oxygen atoms in total. The van der Waals surface area contributed by atoms with E-state index in [0.29, 0.717) is 31.3 Å². The molecule has 0 saturated heterocycles. The summed E-state index contributed by atoms with van der Waals surface area (Å²) in [6.45, 7) is 3.62. The number of thiazole rings is 1. The monoisotopic (exact) mass is 397 g/mol. The van der Waals surface area contributed by atoms with Crippen LogP contribution in [0.4, 0.5) is 5.13 Å². The smallest absolute Gasteiger partial charge is 0.203 e. The van der Waals surface area contributed by atoms with Crippen LogP contribution in [-0.2, 0) is 4.74 Å². The lowest BCUT2D eigenvalue weighted by molar-refractivity contribution is 0.109. The van der Waals surface area contributed by atoms with Crippen LogP contribution in [0.5, 0.6) is 11.5 Å². The van der Waals surface area contributed by atoms with Gasteiger partial charge in [0.05, 0.1) is 25.6 Å². The maximum atomic E-state index is 5.75. The fraction of sp³-hybridized carbons (Fsp3) is 0.238. The van der Waals surface area contributed by atoms with Gasteiger partial charge in [0.1, 0.15) is 6.61 Å². The van der Waals surface area contributed by atoms with E-state index < -0.39 is 0 Å². The number of hydrogen-bond donors (Lipinski definition) is 1. The van der Waals surface area contributed by atoms with E-state index in [1.165, 1.54) is 11.3 Å². The van der Waals surface area contributed by atoms with Crippen LogP contribution in [-0.4, -0.2) is 38.1 Å². The Hall–Kier alpha value is -2.90. The van der Waals surface area contributed by atoms with Gasteiger partial charge < -0.3 is 14.2 Å². The molecule has 0 atom stereocenters. The summed E-state index contributed by atoms with van der Waals surface area (Å²) in [6, 6.07) is 15.7. The molecule has 28 heavy (non-hydrogen) atoms. The fourth-order valence-electron chi connectivity index (χ4n) is 2.47. The molecule has 7 heteroatoms. The maximum absolute atomic E-state index is 5.75. The summed E-state index contributed by atoms with van der Waals surface area (Å²) in [5.41, 5.74) is 5.88. The van der Waals surface area contributed by atoms with Crippen molar-refractivity contribution >= 4 is 22.7 Å². The first-order chi connectivity index (χ1) is 13.8. The maximum Gasteiger partial charge on any atom is 0.203 e. The molecule has 1 N–H and O–H groups in total. The average molecular weight is 398 g/mol. The summed E-state index contributed by atoms with van der Waals surface area (Å²) in [5.74, 6) is 1.33. The largest absolute Gasteiger partial charge is 0.493 e. The van der Waals surface area contributed by atoms with Gasteiger partial charge in [0, 0.05) is 17.6 Å². The molecular weight excluding hydrogens is 374 g/mol. The number of hydrazone groups is 1. The van der Waals surface area contributed by atoms with Gasteiger partial charge >= 0.3 is 0 Å². The number of anilines is 1. The molecule has 3 rings (SSSR count). The lowest BCUT2D eigenvalue weighted by Gasteiger charge is -2.11. The molecular formula is C21H23N3O3S. The van der Waals surface area contributed by atoms with Crippen LogP contribution < -0.4 is 14.9 Å². The number of rotatable bonds is 10. The third-order valence-corrected chi connectivity index (χ3v) is 4.57. The van der Waals surface area contributed by atoms with Gasteiger partial charge in [0.15, 0.2) is 11.5 Å².